The summed E-state index contributed by atoms with van der Waals surface area (Å²) >= 11 is 7.62. The molecule has 2 atom stereocenters. The Labute approximate surface area is 177 Å². The van der Waals surface area contributed by atoms with Crippen molar-refractivity contribution in [2.24, 2.45) is 0 Å². The van der Waals surface area contributed by atoms with E-state index in [9.17, 15) is 14.7 Å². The Morgan fingerprint density at radius 2 is 2.21 bits per heavy atom. The summed E-state index contributed by atoms with van der Waals surface area (Å²) in [4.78, 5) is 28.1. The number of carbonyl (C=O) groups excluding carboxylic acids is 2. The number of hydrogen-bond donors (Lipinski definition) is 1. The number of likely N-dealkylation sites (tertiary alicyclic amines) is 1. The van der Waals surface area contributed by atoms with Crippen molar-refractivity contribution in [2.45, 2.75) is 25.0 Å². The summed E-state index contributed by atoms with van der Waals surface area (Å²) in [5.41, 5.74) is 0.421. The summed E-state index contributed by atoms with van der Waals surface area (Å²) < 4.78 is 10.8. The lowest BCUT2D eigenvalue weighted by atomic mass is 9.99. The van der Waals surface area contributed by atoms with E-state index in [1.807, 2.05) is 17.5 Å². The van der Waals surface area contributed by atoms with Crippen molar-refractivity contribution in [2.75, 3.05) is 20.3 Å². The number of amides is 1. The van der Waals surface area contributed by atoms with Crippen molar-refractivity contribution in [1.29, 1.82) is 0 Å². The number of ketones is 1. The number of carbonyl (C=O) groups is 2. The van der Waals surface area contributed by atoms with Crippen LogP contribution in [0.5, 0.6) is 5.75 Å². The van der Waals surface area contributed by atoms with Gasteiger partial charge in [0.2, 0.25) is 0 Å². The molecule has 2 aliphatic rings. The highest BCUT2D eigenvalue weighted by molar-refractivity contribution is 7.10. The topological polar surface area (TPSA) is 76.1 Å². The number of rotatable bonds is 5. The van der Waals surface area contributed by atoms with E-state index in [0.29, 0.717) is 29.5 Å². The largest absolute Gasteiger partial charge is 0.507 e. The third-order valence-electron chi connectivity index (χ3n) is 5.20. The molecule has 0 aliphatic carbocycles. The highest BCUT2D eigenvalue weighted by Gasteiger charge is 2.47. The molecule has 6 nitrogen and oxygen atoms in total. The van der Waals surface area contributed by atoms with Gasteiger partial charge in [0.25, 0.3) is 11.7 Å². The predicted molar refractivity (Wildman–Crippen MR) is 110 cm³/mol. The van der Waals surface area contributed by atoms with Gasteiger partial charge in [-0.2, -0.15) is 0 Å². The van der Waals surface area contributed by atoms with Crippen LogP contribution in [0.25, 0.3) is 5.76 Å². The molecule has 152 valence electrons. The van der Waals surface area contributed by atoms with Crippen LogP contribution in [0.15, 0.2) is 41.3 Å². The second-order valence-corrected chi connectivity index (χ2v) is 8.34. The Bertz CT molecular complexity index is 965. The number of Topliss-reactive ketones (excluding diaryl/α,β-unsaturated/α-hetero) is 1. The molecule has 8 heteroatoms. The lowest BCUT2D eigenvalue weighted by Crippen LogP contribution is -2.36. The van der Waals surface area contributed by atoms with Gasteiger partial charge in [0, 0.05) is 23.6 Å². The minimum Gasteiger partial charge on any atom is -0.507 e. The van der Waals surface area contributed by atoms with Gasteiger partial charge in [-0.25, -0.2) is 0 Å². The minimum atomic E-state index is -0.703. The normalized spacial score (nSPS) is 23.7. The van der Waals surface area contributed by atoms with E-state index in [0.717, 1.165) is 17.7 Å². The van der Waals surface area contributed by atoms with Crippen molar-refractivity contribution < 1.29 is 24.2 Å². The average Bonchev–Trinajstić information content (AvgIpc) is 3.46. The van der Waals surface area contributed by atoms with Crippen LogP contribution in [0.3, 0.4) is 0 Å². The summed E-state index contributed by atoms with van der Waals surface area (Å²) in [6.45, 7) is 0.968. The Hall–Kier alpha value is -2.35. The minimum absolute atomic E-state index is 0.0664. The van der Waals surface area contributed by atoms with Crippen LogP contribution < -0.4 is 4.74 Å². The summed E-state index contributed by atoms with van der Waals surface area (Å²) in [7, 11) is 1.49. The monoisotopic (exact) mass is 433 g/mol. The summed E-state index contributed by atoms with van der Waals surface area (Å²) in [5.74, 6) is -1.12. The van der Waals surface area contributed by atoms with E-state index in [2.05, 4.69) is 0 Å². The van der Waals surface area contributed by atoms with Crippen molar-refractivity contribution in [1.82, 2.24) is 4.90 Å². The predicted octanol–water partition coefficient (Wildman–Crippen LogP) is 4.01. The molecule has 0 spiro atoms. The molecular formula is C21H20ClNO5S. The number of ether oxygens (including phenoxy) is 2. The van der Waals surface area contributed by atoms with Gasteiger partial charge in [-0.05, 0) is 42.5 Å². The first-order valence-corrected chi connectivity index (χ1v) is 10.5. The molecule has 2 unspecified atom stereocenters. The van der Waals surface area contributed by atoms with Gasteiger partial charge in [-0.15, -0.1) is 11.3 Å². The van der Waals surface area contributed by atoms with Crippen molar-refractivity contribution >= 4 is 40.4 Å². The van der Waals surface area contributed by atoms with Crippen molar-refractivity contribution in [3.8, 4) is 5.75 Å². The zero-order valence-corrected chi connectivity index (χ0v) is 17.3. The molecule has 4 rings (SSSR count). The van der Waals surface area contributed by atoms with Crippen LogP contribution in [-0.2, 0) is 14.3 Å². The molecule has 0 bridgehead atoms. The number of aliphatic hydroxyl groups is 1. The Kier molecular flexibility index (Phi) is 5.63. The van der Waals surface area contributed by atoms with Crippen LogP contribution in [-0.4, -0.2) is 48.1 Å². The molecule has 1 aromatic carbocycles. The van der Waals surface area contributed by atoms with Crippen LogP contribution in [0.4, 0.5) is 0 Å². The standard InChI is InChI=1S/C21H20ClNO5S/c1-27-15-7-6-12(10-14(15)22)19(24)17-18(16-5-3-9-29-16)23(21(26)20(17)25)11-13-4-2-8-28-13/h3,5-7,9-10,13,18,24H,2,4,8,11H2,1H3/b19-17-. The van der Waals surface area contributed by atoms with Gasteiger partial charge in [0.1, 0.15) is 11.5 Å². The van der Waals surface area contributed by atoms with Crippen molar-refractivity contribution in [3.63, 3.8) is 0 Å². The molecule has 0 saturated carbocycles. The van der Waals surface area contributed by atoms with Crippen LogP contribution in [0, 0.1) is 0 Å². The zero-order chi connectivity index (χ0) is 20.5. The first-order chi connectivity index (χ1) is 14.0. The molecule has 1 aromatic heterocycles. The van der Waals surface area contributed by atoms with E-state index in [-0.39, 0.29) is 17.4 Å². The number of thiophene rings is 1. The Balaban J connectivity index is 1.79. The first-order valence-electron chi connectivity index (χ1n) is 9.28. The van der Waals surface area contributed by atoms with Crippen molar-refractivity contribution in [3.05, 3.63) is 56.7 Å². The fourth-order valence-corrected chi connectivity index (χ4v) is 4.89. The van der Waals surface area contributed by atoms with E-state index >= 15 is 0 Å². The first kappa shape index (κ1) is 19.9. The fourth-order valence-electron chi connectivity index (χ4n) is 3.79. The summed E-state index contributed by atoms with van der Waals surface area (Å²) in [6, 6.07) is 7.81. The maximum absolute atomic E-state index is 12.9. The highest BCUT2D eigenvalue weighted by Crippen LogP contribution is 2.42. The van der Waals surface area contributed by atoms with Gasteiger partial charge < -0.3 is 19.5 Å². The fraction of sp³-hybridized carbons (Fsp3) is 0.333. The molecular weight excluding hydrogens is 414 g/mol. The molecule has 2 aliphatic heterocycles. The lowest BCUT2D eigenvalue weighted by molar-refractivity contribution is -0.140. The molecule has 2 fully saturated rings. The zero-order valence-electron chi connectivity index (χ0n) is 15.8. The number of aliphatic hydroxyl groups excluding tert-OH is 1. The molecule has 3 heterocycles. The SMILES string of the molecule is COc1ccc(/C(O)=C2/C(=O)C(=O)N(CC3CCCO3)C2c2cccs2)cc1Cl. The number of halogens is 1. The van der Waals surface area contributed by atoms with Gasteiger partial charge in [-0.3, -0.25) is 9.59 Å². The second kappa shape index (κ2) is 8.18. The maximum Gasteiger partial charge on any atom is 0.295 e. The second-order valence-electron chi connectivity index (χ2n) is 6.95. The number of nitrogens with zero attached hydrogens (tertiary/aromatic N) is 1. The number of hydrogen-bond acceptors (Lipinski definition) is 6. The third kappa shape index (κ3) is 3.66. The summed E-state index contributed by atoms with van der Waals surface area (Å²) in [6.07, 6.45) is 1.67. The molecule has 2 saturated heterocycles. The van der Waals surface area contributed by atoms with E-state index in [4.69, 9.17) is 21.1 Å². The third-order valence-corrected chi connectivity index (χ3v) is 6.42. The van der Waals surface area contributed by atoms with Gasteiger partial charge in [-0.1, -0.05) is 17.7 Å². The van der Waals surface area contributed by atoms with Crippen LogP contribution in [0.1, 0.15) is 29.3 Å². The number of methoxy groups -OCH3 is 1. The van der Waals surface area contributed by atoms with E-state index in [1.165, 1.54) is 29.4 Å². The van der Waals surface area contributed by atoms with Crippen LogP contribution in [0.2, 0.25) is 5.02 Å². The molecule has 0 radical (unpaired) electrons. The maximum atomic E-state index is 12.9. The van der Waals surface area contributed by atoms with Gasteiger partial charge in [0.05, 0.1) is 29.9 Å². The lowest BCUT2D eigenvalue weighted by Gasteiger charge is -2.26. The average molecular weight is 434 g/mol. The van der Waals surface area contributed by atoms with Gasteiger partial charge >= 0.3 is 0 Å². The molecule has 1 N–H and O–H groups in total. The van der Waals surface area contributed by atoms with E-state index in [1.54, 1.807) is 12.1 Å². The van der Waals surface area contributed by atoms with Crippen LogP contribution >= 0.6 is 22.9 Å². The Morgan fingerprint density at radius 3 is 2.83 bits per heavy atom. The molecule has 1 amide bonds. The molecule has 2 aromatic rings. The quantitative estimate of drug-likeness (QED) is 0.438. The highest BCUT2D eigenvalue weighted by atomic mass is 35.5. The summed E-state index contributed by atoms with van der Waals surface area (Å²) in [5, 5.41) is 13.2. The smallest absolute Gasteiger partial charge is 0.295 e. The molecule has 29 heavy (non-hydrogen) atoms. The van der Waals surface area contributed by atoms with Gasteiger partial charge in [0.15, 0.2) is 0 Å². The Morgan fingerprint density at radius 1 is 1.38 bits per heavy atom. The van der Waals surface area contributed by atoms with E-state index < -0.39 is 17.7 Å². The number of benzene rings is 1.